The Morgan fingerprint density at radius 1 is 1.14 bits per heavy atom. The van der Waals surface area contributed by atoms with Crippen LogP contribution in [0.5, 0.6) is 0 Å². The van der Waals surface area contributed by atoms with Crippen molar-refractivity contribution in [1.82, 2.24) is 15.1 Å². The first-order chi connectivity index (χ1) is 10.3. The van der Waals surface area contributed by atoms with Crippen LogP contribution in [0, 0.1) is 6.92 Å². The average molecular weight is 280 g/mol. The van der Waals surface area contributed by atoms with Crippen LogP contribution in [0.3, 0.4) is 0 Å². The van der Waals surface area contributed by atoms with Crippen molar-refractivity contribution in [2.45, 2.75) is 13.3 Å². The summed E-state index contributed by atoms with van der Waals surface area (Å²) in [5.41, 5.74) is 9.63. The Morgan fingerprint density at radius 2 is 2.00 bits per heavy atom. The summed E-state index contributed by atoms with van der Waals surface area (Å²) in [4.78, 5) is 8.61. The minimum atomic E-state index is 0.511. The zero-order valence-electron chi connectivity index (χ0n) is 11.8. The molecular weight excluding hydrogens is 264 g/mol. The lowest BCUT2D eigenvalue weighted by molar-refractivity contribution is 0.432. The smallest absolute Gasteiger partial charge is 0.258 e. The molecule has 0 saturated heterocycles. The highest BCUT2D eigenvalue weighted by atomic mass is 16.5. The number of rotatable bonds is 4. The number of nitrogens with two attached hydrogens (primary N) is 1. The van der Waals surface area contributed by atoms with Crippen molar-refractivity contribution in [1.29, 1.82) is 0 Å². The van der Waals surface area contributed by atoms with Crippen LogP contribution >= 0.6 is 0 Å². The Morgan fingerprint density at radius 3 is 2.81 bits per heavy atom. The molecule has 0 bridgehead atoms. The van der Waals surface area contributed by atoms with Crippen molar-refractivity contribution in [2.75, 3.05) is 6.54 Å². The van der Waals surface area contributed by atoms with E-state index in [-0.39, 0.29) is 0 Å². The van der Waals surface area contributed by atoms with Gasteiger partial charge in [0.2, 0.25) is 5.82 Å². The Kier molecular flexibility index (Phi) is 3.75. The minimum Gasteiger partial charge on any atom is -0.334 e. The summed E-state index contributed by atoms with van der Waals surface area (Å²) in [5.74, 6) is 1.07. The fraction of sp³-hybridized carbons (Fsp3) is 0.188. The third kappa shape index (κ3) is 2.68. The van der Waals surface area contributed by atoms with Crippen molar-refractivity contribution in [3.05, 3.63) is 53.9 Å². The maximum atomic E-state index is 5.65. The predicted molar refractivity (Wildman–Crippen MR) is 80.5 cm³/mol. The zero-order valence-corrected chi connectivity index (χ0v) is 11.8. The fourth-order valence-electron chi connectivity index (χ4n) is 2.24. The first-order valence-corrected chi connectivity index (χ1v) is 6.82. The molecule has 0 aliphatic heterocycles. The van der Waals surface area contributed by atoms with Crippen molar-refractivity contribution < 1.29 is 4.52 Å². The maximum Gasteiger partial charge on any atom is 0.258 e. The van der Waals surface area contributed by atoms with Crippen LogP contribution in [0.25, 0.3) is 22.8 Å². The average Bonchev–Trinajstić information content (AvgIpc) is 2.98. The fourth-order valence-corrected chi connectivity index (χ4v) is 2.24. The summed E-state index contributed by atoms with van der Waals surface area (Å²) in [6.07, 6.45) is 4.27. The monoisotopic (exact) mass is 280 g/mol. The highest BCUT2D eigenvalue weighted by Crippen LogP contribution is 2.26. The van der Waals surface area contributed by atoms with Gasteiger partial charge in [0.1, 0.15) is 0 Å². The van der Waals surface area contributed by atoms with Crippen molar-refractivity contribution >= 4 is 0 Å². The van der Waals surface area contributed by atoms with Crippen molar-refractivity contribution in [3.8, 4) is 22.8 Å². The summed E-state index contributed by atoms with van der Waals surface area (Å²) in [7, 11) is 0. The molecule has 0 fully saturated rings. The molecule has 3 aromatic rings. The predicted octanol–water partition coefficient (Wildman–Crippen LogP) is 2.61. The normalized spacial score (nSPS) is 10.8. The Hall–Kier alpha value is -2.53. The van der Waals surface area contributed by atoms with E-state index < -0.39 is 0 Å². The molecule has 21 heavy (non-hydrogen) atoms. The van der Waals surface area contributed by atoms with E-state index >= 15 is 0 Å². The molecule has 3 rings (SSSR count). The van der Waals surface area contributed by atoms with Crippen LogP contribution in [0.4, 0.5) is 0 Å². The van der Waals surface area contributed by atoms with Gasteiger partial charge in [0, 0.05) is 23.5 Å². The molecule has 0 atom stereocenters. The first-order valence-electron chi connectivity index (χ1n) is 6.82. The molecule has 0 radical (unpaired) electrons. The van der Waals surface area contributed by atoms with Gasteiger partial charge in [-0.3, -0.25) is 4.98 Å². The number of nitrogens with zero attached hydrogens (tertiary/aromatic N) is 3. The van der Waals surface area contributed by atoms with Crippen molar-refractivity contribution in [3.63, 3.8) is 0 Å². The molecular formula is C16H16N4O. The number of hydrogen-bond acceptors (Lipinski definition) is 5. The number of hydrogen-bond donors (Lipinski definition) is 1. The van der Waals surface area contributed by atoms with Crippen LogP contribution in [0.1, 0.15) is 11.1 Å². The van der Waals surface area contributed by atoms with Gasteiger partial charge in [-0.1, -0.05) is 23.4 Å². The van der Waals surface area contributed by atoms with Gasteiger partial charge in [0.25, 0.3) is 5.89 Å². The highest BCUT2D eigenvalue weighted by molar-refractivity contribution is 5.63. The quantitative estimate of drug-likeness (QED) is 0.794. The van der Waals surface area contributed by atoms with Crippen LogP contribution in [-0.2, 0) is 6.42 Å². The minimum absolute atomic E-state index is 0.511. The molecule has 0 spiro atoms. The zero-order chi connectivity index (χ0) is 14.7. The van der Waals surface area contributed by atoms with Gasteiger partial charge in [0.05, 0.1) is 0 Å². The SMILES string of the molecule is Cc1ccncc1-c1noc(-c2ccccc2CCN)n1. The van der Waals surface area contributed by atoms with Crippen molar-refractivity contribution in [2.24, 2.45) is 5.73 Å². The lowest BCUT2D eigenvalue weighted by atomic mass is 10.0. The van der Waals surface area contributed by atoms with E-state index in [0.29, 0.717) is 18.3 Å². The van der Waals surface area contributed by atoms with E-state index in [0.717, 1.165) is 28.7 Å². The number of aryl methyl sites for hydroxylation is 1. The van der Waals surface area contributed by atoms with E-state index in [9.17, 15) is 0 Å². The molecule has 0 saturated carbocycles. The molecule has 5 heteroatoms. The maximum absolute atomic E-state index is 5.65. The molecule has 1 aromatic carbocycles. The van der Waals surface area contributed by atoms with Gasteiger partial charge in [-0.05, 0) is 43.1 Å². The molecule has 0 amide bonds. The summed E-state index contributed by atoms with van der Waals surface area (Å²) in [6.45, 7) is 2.58. The molecule has 106 valence electrons. The molecule has 0 aliphatic rings. The van der Waals surface area contributed by atoms with Crippen LogP contribution in [-0.4, -0.2) is 21.7 Å². The molecule has 2 heterocycles. The van der Waals surface area contributed by atoms with E-state index in [1.165, 1.54) is 0 Å². The second kappa shape index (κ2) is 5.85. The Balaban J connectivity index is 2.01. The Labute approximate surface area is 122 Å². The van der Waals surface area contributed by atoms with E-state index in [1.54, 1.807) is 12.4 Å². The molecule has 0 unspecified atom stereocenters. The summed E-state index contributed by atoms with van der Waals surface area (Å²) < 4.78 is 5.42. The largest absolute Gasteiger partial charge is 0.334 e. The lowest BCUT2D eigenvalue weighted by Crippen LogP contribution is -2.03. The third-order valence-electron chi connectivity index (χ3n) is 3.37. The van der Waals surface area contributed by atoms with E-state index in [2.05, 4.69) is 15.1 Å². The molecule has 0 aliphatic carbocycles. The standard InChI is InChI=1S/C16H16N4O/c1-11-7-9-18-10-14(11)15-19-16(21-20-15)13-5-3-2-4-12(13)6-8-17/h2-5,7,9-10H,6,8,17H2,1H3. The van der Waals surface area contributed by atoms with Gasteiger partial charge in [-0.15, -0.1) is 0 Å². The van der Waals surface area contributed by atoms with Crippen LogP contribution in [0.2, 0.25) is 0 Å². The number of benzene rings is 1. The molecule has 5 nitrogen and oxygen atoms in total. The summed E-state index contributed by atoms with van der Waals surface area (Å²) >= 11 is 0. The molecule has 2 aromatic heterocycles. The van der Waals surface area contributed by atoms with E-state index in [1.807, 2.05) is 37.3 Å². The third-order valence-corrected chi connectivity index (χ3v) is 3.37. The second-order valence-corrected chi connectivity index (χ2v) is 4.81. The van der Waals surface area contributed by atoms with Crippen LogP contribution < -0.4 is 5.73 Å². The number of pyridine rings is 1. The Bertz CT molecular complexity index is 751. The van der Waals surface area contributed by atoms with Gasteiger partial charge >= 0.3 is 0 Å². The van der Waals surface area contributed by atoms with Gasteiger partial charge in [-0.2, -0.15) is 4.98 Å². The lowest BCUT2D eigenvalue weighted by Gasteiger charge is -2.03. The van der Waals surface area contributed by atoms with Crippen LogP contribution in [0.15, 0.2) is 47.2 Å². The van der Waals surface area contributed by atoms with E-state index in [4.69, 9.17) is 10.3 Å². The summed E-state index contributed by atoms with van der Waals surface area (Å²) in [5, 5.41) is 4.07. The first kappa shape index (κ1) is 13.5. The molecule has 2 N–H and O–H groups in total. The number of aromatic nitrogens is 3. The van der Waals surface area contributed by atoms with Gasteiger partial charge in [0.15, 0.2) is 0 Å². The van der Waals surface area contributed by atoms with Gasteiger partial charge < -0.3 is 10.3 Å². The second-order valence-electron chi connectivity index (χ2n) is 4.81. The highest BCUT2D eigenvalue weighted by Gasteiger charge is 2.14. The summed E-state index contributed by atoms with van der Waals surface area (Å²) in [6, 6.07) is 9.86. The topological polar surface area (TPSA) is 77.8 Å². The van der Waals surface area contributed by atoms with Gasteiger partial charge in [-0.25, -0.2) is 0 Å².